The molecule has 2 N–H and O–H groups in total. The highest BCUT2D eigenvalue weighted by Gasteiger charge is 2.17. The van der Waals surface area contributed by atoms with E-state index in [2.05, 4.69) is 15.0 Å². The lowest BCUT2D eigenvalue weighted by atomic mass is 10.1. The molecule has 0 fully saturated rings. The topological polar surface area (TPSA) is 80.3 Å². The third-order valence-corrected chi connectivity index (χ3v) is 7.21. The number of para-hydroxylation sites is 1. The number of thiazole rings is 1. The van der Waals surface area contributed by atoms with Gasteiger partial charge in [0.05, 0.1) is 17.7 Å². The van der Waals surface area contributed by atoms with Gasteiger partial charge in [0.1, 0.15) is 10.6 Å². The minimum absolute atomic E-state index is 0.327. The molecular weight excluding hydrogens is 454 g/mol. The normalized spacial score (nSPS) is 11.6. The van der Waals surface area contributed by atoms with E-state index in [1.807, 2.05) is 62.4 Å². The summed E-state index contributed by atoms with van der Waals surface area (Å²) >= 11 is 1.32. The second-order valence-corrected chi connectivity index (χ2v) is 9.57. The Balaban J connectivity index is 1.55. The lowest BCUT2D eigenvalue weighted by molar-refractivity contribution is 0.102. The molecule has 4 aromatic rings. The number of nitrogens with one attached hydrogen (secondary N) is 2. The van der Waals surface area contributed by atoms with Crippen LogP contribution in [0.15, 0.2) is 77.8 Å². The van der Waals surface area contributed by atoms with E-state index in [4.69, 9.17) is 4.74 Å². The number of anilines is 2. The highest BCUT2D eigenvalue weighted by atomic mass is 32.2. The Labute approximate surface area is 199 Å². The number of aromatic nitrogens is 1. The first-order valence-corrected chi connectivity index (χ1v) is 12.2. The largest absolute Gasteiger partial charge is 0.495 e. The number of carbonyl (C=O) groups is 1. The molecule has 168 valence electrons. The van der Waals surface area contributed by atoms with Crippen LogP contribution in [-0.2, 0) is 11.0 Å². The first-order valence-electron chi connectivity index (χ1n) is 10.2. The summed E-state index contributed by atoms with van der Waals surface area (Å²) in [5, 5.41) is 3.20. The summed E-state index contributed by atoms with van der Waals surface area (Å²) in [6.45, 7) is 3.91. The molecule has 0 radical (unpaired) electrons. The van der Waals surface area contributed by atoms with Crippen molar-refractivity contribution in [2.45, 2.75) is 18.7 Å². The van der Waals surface area contributed by atoms with Gasteiger partial charge in [-0.15, -0.1) is 11.3 Å². The van der Waals surface area contributed by atoms with Crippen molar-refractivity contribution in [2.75, 3.05) is 17.1 Å². The van der Waals surface area contributed by atoms with Crippen LogP contribution in [0.3, 0.4) is 0 Å². The smallest absolute Gasteiger partial charge is 0.284 e. The predicted molar refractivity (Wildman–Crippen MR) is 134 cm³/mol. The van der Waals surface area contributed by atoms with Gasteiger partial charge in [-0.05, 0) is 48.7 Å². The van der Waals surface area contributed by atoms with Crippen LogP contribution < -0.4 is 14.8 Å². The zero-order chi connectivity index (χ0) is 23.4. The maximum Gasteiger partial charge on any atom is 0.284 e. The Morgan fingerprint density at radius 2 is 1.73 bits per heavy atom. The summed E-state index contributed by atoms with van der Waals surface area (Å²) in [6, 6.07) is 20.7. The fourth-order valence-electron chi connectivity index (χ4n) is 3.32. The van der Waals surface area contributed by atoms with E-state index in [-0.39, 0.29) is 5.91 Å². The van der Waals surface area contributed by atoms with Crippen molar-refractivity contribution in [1.29, 1.82) is 0 Å². The Hall–Kier alpha value is -3.49. The van der Waals surface area contributed by atoms with Gasteiger partial charge in [0, 0.05) is 11.9 Å². The SMILES string of the molecule is COc1ccc(NC(=O)c2ncc(-c3ccccc3)s2)cc1S(=O)Nc1c(C)cccc1C. The first kappa shape index (κ1) is 22.7. The van der Waals surface area contributed by atoms with Crippen molar-refractivity contribution >= 4 is 39.6 Å². The molecule has 1 amide bonds. The van der Waals surface area contributed by atoms with Crippen LogP contribution in [0.4, 0.5) is 11.4 Å². The van der Waals surface area contributed by atoms with E-state index >= 15 is 0 Å². The van der Waals surface area contributed by atoms with E-state index in [1.54, 1.807) is 24.4 Å². The molecule has 6 nitrogen and oxygen atoms in total. The number of hydrogen-bond acceptors (Lipinski definition) is 5. The minimum atomic E-state index is -1.60. The van der Waals surface area contributed by atoms with E-state index in [0.717, 1.165) is 27.3 Å². The van der Waals surface area contributed by atoms with E-state index in [1.165, 1.54) is 18.4 Å². The summed E-state index contributed by atoms with van der Waals surface area (Å²) < 4.78 is 21.6. The standard InChI is InChI=1S/C25H23N3O3S2/c1-16-8-7-9-17(2)23(16)28-33(30)22-14-19(12-13-20(22)31-3)27-24(29)25-26-15-21(32-25)18-10-5-4-6-11-18/h4-15,28H,1-3H3,(H,27,29). The van der Waals surface area contributed by atoms with Gasteiger partial charge >= 0.3 is 0 Å². The van der Waals surface area contributed by atoms with Crippen LogP contribution in [0.25, 0.3) is 10.4 Å². The molecule has 33 heavy (non-hydrogen) atoms. The Kier molecular flexibility index (Phi) is 6.86. The number of amides is 1. The molecule has 4 rings (SSSR count). The van der Waals surface area contributed by atoms with Gasteiger partial charge < -0.3 is 14.8 Å². The minimum Gasteiger partial charge on any atom is -0.495 e. The van der Waals surface area contributed by atoms with E-state index in [0.29, 0.717) is 21.3 Å². The lowest BCUT2D eigenvalue weighted by Gasteiger charge is -2.15. The Morgan fingerprint density at radius 1 is 1.00 bits per heavy atom. The van der Waals surface area contributed by atoms with Gasteiger partial charge in [0.25, 0.3) is 5.91 Å². The van der Waals surface area contributed by atoms with Crippen LogP contribution in [0.1, 0.15) is 20.9 Å². The van der Waals surface area contributed by atoms with Crippen molar-refractivity contribution in [1.82, 2.24) is 4.98 Å². The van der Waals surface area contributed by atoms with Gasteiger partial charge in [-0.3, -0.25) is 4.79 Å². The summed E-state index contributed by atoms with van der Waals surface area (Å²) in [5.74, 6) is 0.137. The lowest BCUT2D eigenvalue weighted by Crippen LogP contribution is -2.13. The van der Waals surface area contributed by atoms with Gasteiger partial charge in [-0.2, -0.15) is 0 Å². The van der Waals surface area contributed by atoms with Gasteiger partial charge in [-0.25, -0.2) is 9.19 Å². The number of nitrogens with zero attached hydrogens (tertiary/aromatic N) is 1. The molecule has 1 atom stereocenters. The molecule has 0 bridgehead atoms. The van der Waals surface area contributed by atoms with Crippen LogP contribution >= 0.6 is 11.3 Å². The third-order valence-electron chi connectivity index (χ3n) is 5.06. The molecule has 1 aromatic heterocycles. The van der Waals surface area contributed by atoms with Crippen LogP contribution in [0, 0.1) is 13.8 Å². The van der Waals surface area contributed by atoms with Gasteiger partial charge in [-0.1, -0.05) is 48.5 Å². The van der Waals surface area contributed by atoms with E-state index < -0.39 is 11.0 Å². The van der Waals surface area contributed by atoms with Crippen molar-refractivity contribution < 1.29 is 13.7 Å². The summed E-state index contributed by atoms with van der Waals surface area (Å²) in [4.78, 5) is 18.4. The zero-order valence-corrected chi connectivity index (χ0v) is 20.0. The molecule has 0 aliphatic rings. The number of carbonyl (C=O) groups excluding carboxylic acids is 1. The number of rotatable bonds is 7. The second kappa shape index (κ2) is 9.97. The second-order valence-electron chi connectivity index (χ2n) is 7.35. The molecule has 0 spiro atoms. The molecule has 1 unspecified atom stereocenters. The molecule has 0 saturated carbocycles. The van der Waals surface area contributed by atoms with Crippen molar-refractivity contribution in [3.8, 4) is 16.2 Å². The number of hydrogen-bond donors (Lipinski definition) is 2. The van der Waals surface area contributed by atoms with Gasteiger partial charge in [0.15, 0.2) is 16.0 Å². The maximum absolute atomic E-state index is 13.2. The fourth-order valence-corrected chi connectivity index (χ4v) is 5.32. The highest BCUT2D eigenvalue weighted by molar-refractivity contribution is 7.86. The Morgan fingerprint density at radius 3 is 2.42 bits per heavy atom. The molecule has 0 aliphatic heterocycles. The van der Waals surface area contributed by atoms with Crippen LogP contribution in [-0.4, -0.2) is 22.2 Å². The van der Waals surface area contributed by atoms with Crippen molar-refractivity contribution in [3.05, 3.63) is 89.1 Å². The molecule has 0 aliphatic carbocycles. The van der Waals surface area contributed by atoms with Gasteiger partial charge in [0.2, 0.25) is 0 Å². The van der Waals surface area contributed by atoms with Crippen molar-refractivity contribution in [2.24, 2.45) is 0 Å². The summed E-state index contributed by atoms with van der Waals surface area (Å²) in [7, 11) is -0.0743. The summed E-state index contributed by atoms with van der Waals surface area (Å²) in [6.07, 6.45) is 1.69. The molecule has 3 aromatic carbocycles. The highest BCUT2D eigenvalue weighted by Crippen LogP contribution is 2.30. The number of ether oxygens (including phenoxy) is 1. The monoisotopic (exact) mass is 477 g/mol. The molecule has 8 heteroatoms. The quantitative estimate of drug-likeness (QED) is 0.351. The first-order chi connectivity index (χ1) is 16.0. The molecule has 1 heterocycles. The molecule has 0 saturated heterocycles. The zero-order valence-electron chi connectivity index (χ0n) is 18.4. The molecular formula is C25H23N3O3S2. The predicted octanol–water partition coefficient (Wildman–Crippen LogP) is 5.82. The number of aryl methyl sites for hydroxylation is 2. The third kappa shape index (κ3) is 5.13. The maximum atomic E-state index is 13.2. The average molecular weight is 478 g/mol. The number of methoxy groups -OCH3 is 1. The number of benzene rings is 3. The van der Waals surface area contributed by atoms with Crippen LogP contribution in [0.2, 0.25) is 0 Å². The summed E-state index contributed by atoms with van der Waals surface area (Å²) in [5.41, 5.74) is 4.30. The average Bonchev–Trinajstić information content (AvgIpc) is 3.32. The van der Waals surface area contributed by atoms with Crippen molar-refractivity contribution in [3.63, 3.8) is 0 Å². The van der Waals surface area contributed by atoms with E-state index in [9.17, 15) is 9.00 Å². The van der Waals surface area contributed by atoms with Crippen LogP contribution in [0.5, 0.6) is 5.75 Å². The fraction of sp³-hybridized carbons (Fsp3) is 0.120. The Bertz CT molecular complexity index is 1300.